The van der Waals surface area contributed by atoms with Crippen molar-refractivity contribution < 1.29 is 19.4 Å². The fraction of sp³-hybridized carbons (Fsp3) is 0.526. The van der Waals surface area contributed by atoms with E-state index < -0.39 is 5.79 Å². The topological polar surface area (TPSA) is 67.8 Å². The van der Waals surface area contributed by atoms with Crippen LogP contribution in [-0.4, -0.2) is 36.1 Å². The van der Waals surface area contributed by atoms with E-state index in [2.05, 4.69) is 5.32 Å². The molecule has 1 amide bonds. The number of benzene rings is 1. The molecule has 3 rings (SSSR count). The Labute approximate surface area is 142 Å². The normalized spacial score (nSPS) is 23.4. The van der Waals surface area contributed by atoms with Crippen LogP contribution in [0, 0.1) is 0 Å². The molecule has 2 aliphatic rings. The lowest BCUT2D eigenvalue weighted by Crippen LogP contribution is -2.35. The summed E-state index contributed by atoms with van der Waals surface area (Å²) in [6, 6.07) is 6.69. The molecule has 0 bridgehead atoms. The summed E-state index contributed by atoms with van der Waals surface area (Å²) in [7, 11) is 0. The van der Waals surface area contributed by atoms with Crippen LogP contribution in [0.5, 0.6) is 5.75 Å². The maximum Gasteiger partial charge on any atom is 0.244 e. The number of aromatic hydroxyl groups is 1. The van der Waals surface area contributed by atoms with Crippen LogP contribution in [0.4, 0.5) is 0 Å². The minimum Gasteiger partial charge on any atom is -0.508 e. The number of phenols is 1. The third-order valence-corrected chi connectivity index (χ3v) is 4.60. The van der Waals surface area contributed by atoms with E-state index in [0.717, 1.165) is 31.2 Å². The number of carbonyl (C=O) groups excluding carboxylic acids is 1. The van der Waals surface area contributed by atoms with Crippen LogP contribution in [0.1, 0.15) is 44.1 Å². The SMILES string of the molecule is O=C(/C=C/c1ccc(O)cc1)NCC1COC2(CCCCCC2)O1. The van der Waals surface area contributed by atoms with Gasteiger partial charge in [-0.15, -0.1) is 0 Å². The van der Waals surface area contributed by atoms with Crippen molar-refractivity contribution in [3.63, 3.8) is 0 Å². The summed E-state index contributed by atoms with van der Waals surface area (Å²) in [5.74, 6) is -0.357. The molecule has 1 aromatic carbocycles. The van der Waals surface area contributed by atoms with Gasteiger partial charge in [-0.05, 0) is 36.6 Å². The number of phenolic OH excluding ortho intramolecular Hbond substituents is 1. The number of hydrogen-bond acceptors (Lipinski definition) is 4. The summed E-state index contributed by atoms with van der Waals surface area (Å²) >= 11 is 0. The quantitative estimate of drug-likeness (QED) is 0.832. The molecule has 1 heterocycles. The minimum atomic E-state index is -0.409. The number of hydrogen-bond donors (Lipinski definition) is 2. The number of ether oxygens (including phenoxy) is 2. The third-order valence-electron chi connectivity index (χ3n) is 4.60. The molecule has 1 aromatic rings. The van der Waals surface area contributed by atoms with Crippen molar-refractivity contribution in [2.45, 2.75) is 50.4 Å². The lowest BCUT2D eigenvalue weighted by Gasteiger charge is -2.26. The molecular formula is C19H25NO4. The van der Waals surface area contributed by atoms with E-state index in [4.69, 9.17) is 9.47 Å². The molecular weight excluding hydrogens is 306 g/mol. The fourth-order valence-electron chi connectivity index (χ4n) is 3.28. The van der Waals surface area contributed by atoms with Gasteiger partial charge < -0.3 is 19.9 Å². The molecule has 1 aliphatic heterocycles. The van der Waals surface area contributed by atoms with Gasteiger partial charge in [0.2, 0.25) is 5.91 Å². The largest absolute Gasteiger partial charge is 0.508 e. The average molecular weight is 331 g/mol. The molecule has 1 unspecified atom stereocenters. The highest BCUT2D eigenvalue weighted by molar-refractivity contribution is 5.91. The molecule has 24 heavy (non-hydrogen) atoms. The fourth-order valence-corrected chi connectivity index (χ4v) is 3.28. The molecule has 2 N–H and O–H groups in total. The second-order valence-electron chi connectivity index (χ2n) is 6.55. The van der Waals surface area contributed by atoms with Crippen molar-refractivity contribution in [2.75, 3.05) is 13.2 Å². The van der Waals surface area contributed by atoms with Gasteiger partial charge in [0.1, 0.15) is 11.9 Å². The summed E-state index contributed by atoms with van der Waals surface area (Å²) in [6.45, 7) is 1.00. The van der Waals surface area contributed by atoms with Crippen LogP contribution in [0.25, 0.3) is 6.08 Å². The second kappa shape index (κ2) is 7.81. The van der Waals surface area contributed by atoms with Crippen LogP contribution >= 0.6 is 0 Å². The zero-order valence-electron chi connectivity index (χ0n) is 13.9. The number of carbonyl (C=O) groups is 1. The van der Waals surface area contributed by atoms with Crippen molar-refractivity contribution in [1.29, 1.82) is 0 Å². The smallest absolute Gasteiger partial charge is 0.244 e. The number of amides is 1. The average Bonchev–Trinajstić information content (AvgIpc) is 2.84. The Bertz CT molecular complexity index is 574. The predicted molar refractivity (Wildman–Crippen MR) is 91.4 cm³/mol. The molecule has 2 fully saturated rings. The molecule has 5 nitrogen and oxygen atoms in total. The highest BCUT2D eigenvalue weighted by Crippen LogP contribution is 2.36. The molecule has 1 atom stereocenters. The van der Waals surface area contributed by atoms with Crippen molar-refractivity contribution in [3.05, 3.63) is 35.9 Å². The molecule has 1 aliphatic carbocycles. The van der Waals surface area contributed by atoms with Gasteiger partial charge in [0.15, 0.2) is 5.79 Å². The maximum absolute atomic E-state index is 11.9. The first-order valence-electron chi connectivity index (χ1n) is 8.72. The van der Waals surface area contributed by atoms with E-state index in [1.165, 1.54) is 18.9 Å². The molecule has 130 valence electrons. The van der Waals surface area contributed by atoms with Gasteiger partial charge in [0.05, 0.1) is 6.61 Å². The molecule has 1 spiro atoms. The number of rotatable bonds is 4. The zero-order chi connectivity index (χ0) is 16.8. The van der Waals surface area contributed by atoms with Gasteiger partial charge in [0, 0.05) is 25.5 Å². The van der Waals surface area contributed by atoms with Gasteiger partial charge in [-0.25, -0.2) is 0 Å². The maximum atomic E-state index is 11.9. The molecule has 0 aromatic heterocycles. The standard InChI is InChI=1S/C19H25NO4/c21-16-8-5-15(6-9-16)7-10-18(22)20-13-17-14-23-19(24-17)11-3-1-2-4-12-19/h5-10,17,21H,1-4,11-14H2,(H,20,22)/b10-7+. The molecule has 1 saturated heterocycles. The molecule has 5 heteroatoms. The van der Waals surface area contributed by atoms with Crippen LogP contribution in [0.3, 0.4) is 0 Å². The second-order valence-corrected chi connectivity index (χ2v) is 6.55. The number of nitrogens with one attached hydrogen (secondary N) is 1. The van der Waals surface area contributed by atoms with E-state index in [0.29, 0.717) is 13.2 Å². The first-order chi connectivity index (χ1) is 11.7. The summed E-state index contributed by atoms with van der Waals surface area (Å²) < 4.78 is 12.0. The molecule has 1 saturated carbocycles. The van der Waals surface area contributed by atoms with E-state index in [9.17, 15) is 9.90 Å². The lowest BCUT2D eigenvalue weighted by atomic mass is 10.1. The van der Waals surface area contributed by atoms with Crippen molar-refractivity contribution in [1.82, 2.24) is 5.32 Å². The van der Waals surface area contributed by atoms with E-state index in [1.807, 2.05) is 0 Å². The predicted octanol–water partition coefficient (Wildman–Crippen LogP) is 2.99. The van der Waals surface area contributed by atoms with Crippen molar-refractivity contribution in [3.8, 4) is 5.75 Å². The van der Waals surface area contributed by atoms with Crippen molar-refractivity contribution >= 4 is 12.0 Å². The summed E-state index contributed by atoms with van der Waals surface area (Å²) in [5, 5.41) is 12.1. The van der Waals surface area contributed by atoms with E-state index >= 15 is 0 Å². The molecule has 0 radical (unpaired) electrons. The first kappa shape index (κ1) is 17.0. The summed E-state index contributed by atoms with van der Waals surface area (Å²) in [5.41, 5.74) is 0.862. The Morgan fingerprint density at radius 1 is 1.21 bits per heavy atom. The van der Waals surface area contributed by atoms with Crippen LogP contribution < -0.4 is 5.32 Å². The Kier molecular flexibility index (Phi) is 5.53. The third kappa shape index (κ3) is 4.58. The Morgan fingerprint density at radius 3 is 2.62 bits per heavy atom. The van der Waals surface area contributed by atoms with Crippen molar-refractivity contribution in [2.24, 2.45) is 0 Å². The van der Waals surface area contributed by atoms with Gasteiger partial charge in [-0.2, -0.15) is 0 Å². The zero-order valence-corrected chi connectivity index (χ0v) is 13.9. The Balaban J connectivity index is 1.44. The Hall–Kier alpha value is -1.85. The minimum absolute atomic E-state index is 0.0749. The van der Waals surface area contributed by atoms with Gasteiger partial charge in [-0.3, -0.25) is 4.79 Å². The van der Waals surface area contributed by atoms with E-state index in [1.54, 1.807) is 30.3 Å². The highest BCUT2D eigenvalue weighted by atomic mass is 16.7. The van der Waals surface area contributed by atoms with Crippen LogP contribution in [-0.2, 0) is 14.3 Å². The van der Waals surface area contributed by atoms with Crippen LogP contribution in [0.15, 0.2) is 30.3 Å². The summed E-state index contributed by atoms with van der Waals surface area (Å²) in [4.78, 5) is 11.9. The van der Waals surface area contributed by atoms with E-state index in [-0.39, 0.29) is 17.8 Å². The lowest BCUT2D eigenvalue weighted by molar-refractivity contribution is -0.175. The Morgan fingerprint density at radius 2 is 1.92 bits per heavy atom. The van der Waals surface area contributed by atoms with Gasteiger partial charge in [-0.1, -0.05) is 25.0 Å². The van der Waals surface area contributed by atoms with Gasteiger partial charge in [0.25, 0.3) is 0 Å². The van der Waals surface area contributed by atoms with Crippen LogP contribution in [0.2, 0.25) is 0 Å². The monoisotopic (exact) mass is 331 g/mol. The highest BCUT2D eigenvalue weighted by Gasteiger charge is 2.41. The summed E-state index contributed by atoms with van der Waals surface area (Å²) in [6.07, 6.45) is 9.83. The first-order valence-corrected chi connectivity index (χ1v) is 8.72. The van der Waals surface area contributed by atoms with Gasteiger partial charge >= 0.3 is 0 Å².